The molecule has 6 heteroatoms. The Morgan fingerprint density at radius 2 is 2.42 bits per heavy atom. The molecule has 1 aliphatic heterocycles. The number of halogens is 2. The molecule has 1 unspecified atom stereocenters. The molecule has 1 heterocycles. The number of carbonyl (C=O) groups excluding carboxylic acids is 1. The van der Waals surface area contributed by atoms with Gasteiger partial charge in [-0.2, -0.15) is 0 Å². The van der Waals surface area contributed by atoms with Crippen molar-refractivity contribution in [3.63, 3.8) is 0 Å². The molecule has 0 radical (unpaired) electrons. The van der Waals surface area contributed by atoms with E-state index in [2.05, 4.69) is 5.32 Å². The highest BCUT2D eigenvalue weighted by Gasteiger charge is 2.20. The number of hydrogen-bond acceptors (Lipinski definition) is 2. The maximum Gasteiger partial charge on any atom is 0.321 e. The predicted octanol–water partition coefficient (Wildman–Crippen LogP) is 2.98. The highest BCUT2D eigenvalue weighted by molar-refractivity contribution is 6.31. The number of ether oxygens (including phenoxy) is 1. The lowest BCUT2D eigenvalue weighted by Crippen LogP contribution is -2.35. The molecule has 2 rings (SSSR count). The van der Waals surface area contributed by atoms with Crippen LogP contribution in [0.5, 0.6) is 0 Å². The van der Waals surface area contributed by atoms with Crippen LogP contribution in [0.3, 0.4) is 0 Å². The zero-order valence-corrected chi connectivity index (χ0v) is 11.4. The highest BCUT2D eigenvalue weighted by Crippen LogP contribution is 2.20. The van der Waals surface area contributed by atoms with E-state index in [0.717, 1.165) is 13.0 Å². The van der Waals surface area contributed by atoms with E-state index in [4.69, 9.17) is 16.3 Å². The molecule has 104 valence electrons. The van der Waals surface area contributed by atoms with Gasteiger partial charge in [-0.25, -0.2) is 9.18 Å². The van der Waals surface area contributed by atoms with Crippen molar-refractivity contribution in [2.75, 3.05) is 32.1 Å². The van der Waals surface area contributed by atoms with Gasteiger partial charge >= 0.3 is 6.03 Å². The fraction of sp³-hybridized carbons (Fsp3) is 0.462. The zero-order chi connectivity index (χ0) is 13.8. The van der Waals surface area contributed by atoms with Crippen LogP contribution in [0, 0.1) is 11.7 Å². The van der Waals surface area contributed by atoms with Gasteiger partial charge < -0.3 is 15.0 Å². The van der Waals surface area contributed by atoms with Crippen LogP contribution in [-0.2, 0) is 4.74 Å². The highest BCUT2D eigenvalue weighted by atomic mass is 35.5. The van der Waals surface area contributed by atoms with E-state index in [-0.39, 0.29) is 11.1 Å². The van der Waals surface area contributed by atoms with E-state index in [9.17, 15) is 9.18 Å². The molecule has 1 fully saturated rings. The number of benzene rings is 1. The average Bonchev–Trinajstić information content (AvgIpc) is 2.86. The smallest absolute Gasteiger partial charge is 0.321 e. The minimum absolute atomic E-state index is 0.00959. The normalized spacial score (nSPS) is 18.4. The molecular formula is C13H16ClFN2O2. The molecule has 2 amide bonds. The largest absolute Gasteiger partial charge is 0.381 e. The SMILES string of the molecule is CN(CC1CCOC1)C(=O)Nc1ccc(F)c(Cl)c1. The van der Waals surface area contributed by atoms with E-state index in [1.54, 1.807) is 11.9 Å². The number of amides is 2. The van der Waals surface area contributed by atoms with Gasteiger partial charge in [-0.1, -0.05) is 11.6 Å². The van der Waals surface area contributed by atoms with Crippen LogP contribution in [0.15, 0.2) is 18.2 Å². The van der Waals surface area contributed by atoms with Gasteiger partial charge in [0.2, 0.25) is 0 Å². The molecule has 1 atom stereocenters. The summed E-state index contributed by atoms with van der Waals surface area (Å²) in [5, 5.41) is 2.67. The van der Waals surface area contributed by atoms with Crippen molar-refractivity contribution in [3.8, 4) is 0 Å². The number of nitrogens with zero attached hydrogens (tertiary/aromatic N) is 1. The van der Waals surface area contributed by atoms with Crippen molar-refractivity contribution in [1.82, 2.24) is 4.90 Å². The predicted molar refractivity (Wildman–Crippen MR) is 72.0 cm³/mol. The van der Waals surface area contributed by atoms with Crippen molar-refractivity contribution in [3.05, 3.63) is 29.0 Å². The second-order valence-electron chi connectivity index (χ2n) is 4.67. The van der Waals surface area contributed by atoms with Gasteiger partial charge in [0.1, 0.15) is 5.82 Å². The van der Waals surface area contributed by atoms with Crippen molar-refractivity contribution in [1.29, 1.82) is 0 Å². The first-order valence-corrected chi connectivity index (χ1v) is 6.49. The summed E-state index contributed by atoms with van der Waals surface area (Å²) in [6, 6.07) is 3.85. The van der Waals surface area contributed by atoms with E-state index in [0.29, 0.717) is 24.8 Å². The molecule has 4 nitrogen and oxygen atoms in total. The third-order valence-electron chi connectivity index (χ3n) is 3.07. The first-order valence-electron chi connectivity index (χ1n) is 6.11. The third kappa shape index (κ3) is 3.81. The fourth-order valence-corrected chi connectivity index (χ4v) is 2.17. The molecular weight excluding hydrogens is 271 g/mol. The number of rotatable bonds is 3. The Morgan fingerprint density at radius 1 is 1.63 bits per heavy atom. The summed E-state index contributed by atoms with van der Waals surface area (Å²) in [6.07, 6.45) is 0.972. The summed E-state index contributed by atoms with van der Waals surface area (Å²) in [7, 11) is 1.72. The van der Waals surface area contributed by atoms with E-state index < -0.39 is 5.82 Å². The number of carbonyl (C=O) groups is 1. The number of anilines is 1. The molecule has 1 aromatic carbocycles. The van der Waals surface area contributed by atoms with Gasteiger partial charge in [0.05, 0.1) is 11.6 Å². The van der Waals surface area contributed by atoms with Crippen LogP contribution >= 0.6 is 11.6 Å². The van der Waals surface area contributed by atoms with Crippen molar-refractivity contribution in [2.24, 2.45) is 5.92 Å². The Balaban J connectivity index is 1.90. The van der Waals surface area contributed by atoms with Crippen LogP contribution in [0.2, 0.25) is 5.02 Å². The topological polar surface area (TPSA) is 41.6 Å². The molecule has 19 heavy (non-hydrogen) atoms. The third-order valence-corrected chi connectivity index (χ3v) is 3.36. The lowest BCUT2D eigenvalue weighted by molar-refractivity contribution is 0.175. The molecule has 0 aliphatic carbocycles. The minimum atomic E-state index is -0.504. The molecule has 0 aromatic heterocycles. The Labute approximate surface area is 116 Å². The molecule has 0 saturated carbocycles. The Hall–Kier alpha value is -1.33. The van der Waals surface area contributed by atoms with Gasteiger partial charge in [0.15, 0.2) is 0 Å². The molecule has 0 bridgehead atoms. The van der Waals surface area contributed by atoms with Crippen molar-refractivity contribution in [2.45, 2.75) is 6.42 Å². The van der Waals surface area contributed by atoms with Gasteiger partial charge in [0.25, 0.3) is 0 Å². The van der Waals surface area contributed by atoms with Crippen LogP contribution in [0.25, 0.3) is 0 Å². The number of nitrogens with one attached hydrogen (secondary N) is 1. The van der Waals surface area contributed by atoms with Gasteiger partial charge in [-0.05, 0) is 24.6 Å². The van der Waals surface area contributed by atoms with E-state index in [1.165, 1.54) is 18.2 Å². The van der Waals surface area contributed by atoms with E-state index in [1.807, 2.05) is 0 Å². The maximum atomic E-state index is 13.0. The standard InChI is InChI=1S/C13H16ClFN2O2/c1-17(7-9-4-5-19-8-9)13(18)16-10-2-3-12(15)11(14)6-10/h2-3,6,9H,4-5,7-8H2,1H3,(H,16,18). The summed E-state index contributed by atoms with van der Waals surface area (Å²) in [4.78, 5) is 13.5. The van der Waals surface area contributed by atoms with Gasteiger partial charge in [-0.3, -0.25) is 0 Å². The summed E-state index contributed by atoms with van der Waals surface area (Å²) in [5.74, 6) is -0.122. The second-order valence-corrected chi connectivity index (χ2v) is 5.08. The fourth-order valence-electron chi connectivity index (χ4n) is 1.99. The monoisotopic (exact) mass is 286 g/mol. The van der Waals surface area contributed by atoms with Crippen molar-refractivity contribution < 1.29 is 13.9 Å². The first-order chi connectivity index (χ1) is 9.06. The van der Waals surface area contributed by atoms with Gasteiger partial charge in [-0.15, -0.1) is 0 Å². The maximum absolute atomic E-state index is 13.0. The van der Waals surface area contributed by atoms with Crippen LogP contribution in [0.4, 0.5) is 14.9 Å². The van der Waals surface area contributed by atoms with E-state index >= 15 is 0 Å². The molecule has 1 saturated heterocycles. The Morgan fingerprint density at radius 3 is 3.05 bits per heavy atom. The van der Waals surface area contributed by atoms with Crippen LogP contribution in [-0.4, -0.2) is 37.7 Å². The quantitative estimate of drug-likeness (QED) is 0.928. The summed E-state index contributed by atoms with van der Waals surface area (Å²) < 4.78 is 18.3. The number of hydrogen-bond donors (Lipinski definition) is 1. The Bertz CT molecular complexity index is 464. The van der Waals surface area contributed by atoms with Crippen molar-refractivity contribution >= 4 is 23.3 Å². The minimum Gasteiger partial charge on any atom is -0.381 e. The molecule has 1 N–H and O–H groups in total. The van der Waals surface area contributed by atoms with Crippen LogP contribution in [0.1, 0.15) is 6.42 Å². The molecule has 1 aromatic rings. The zero-order valence-electron chi connectivity index (χ0n) is 10.7. The molecule has 1 aliphatic rings. The summed E-state index contributed by atoms with van der Waals surface area (Å²) in [5.41, 5.74) is 0.478. The summed E-state index contributed by atoms with van der Waals surface area (Å²) >= 11 is 5.66. The van der Waals surface area contributed by atoms with Gasteiger partial charge in [0, 0.05) is 31.8 Å². The second kappa shape index (κ2) is 6.21. The Kier molecular flexibility index (Phi) is 4.61. The average molecular weight is 287 g/mol. The van der Waals surface area contributed by atoms with Crippen LogP contribution < -0.4 is 5.32 Å². The lowest BCUT2D eigenvalue weighted by Gasteiger charge is -2.20. The summed E-state index contributed by atoms with van der Waals surface area (Å²) in [6.45, 7) is 2.09. The molecule has 0 spiro atoms. The number of urea groups is 1. The first kappa shape index (κ1) is 14.1. The lowest BCUT2D eigenvalue weighted by atomic mass is 10.1.